The number of amides is 1. The summed E-state index contributed by atoms with van der Waals surface area (Å²) in [5.41, 5.74) is 0.805. The van der Waals surface area contributed by atoms with Crippen LogP contribution in [0, 0.1) is 0 Å². The molecule has 3 heteroatoms. The summed E-state index contributed by atoms with van der Waals surface area (Å²) in [5.74, 6) is -0.0730. The average molecular weight is 179 g/mol. The van der Waals surface area contributed by atoms with E-state index in [2.05, 4.69) is 17.5 Å². The van der Waals surface area contributed by atoms with E-state index in [-0.39, 0.29) is 12.3 Å². The Bertz CT molecular complexity index is 271. The number of hydrogen-bond donors (Lipinski definition) is 1. The third-order valence-corrected chi connectivity index (χ3v) is 1.49. The molecule has 0 aliphatic carbocycles. The van der Waals surface area contributed by atoms with Gasteiger partial charge < -0.3 is 5.32 Å². The van der Waals surface area contributed by atoms with Crippen LogP contribution in [0.15, 0.2) is 30.3 Å². The molecule has 0 atom stereocenters. The Morgan fingerprint density at radius 2 is 2.08 bits per heavy atom. The van der Waals surface area contributed by atoms with Crippen molar-refractivity contribution in [3.8, 4) is 0 Å². The third-order valence-electron chi connectivity index (χ3n) is 1.33. The zero-order chi connectivity index (χ0) is 8.81. The number of para-hydroxylation sites is 1. The number of anilines is 1. The normalized spacial score (nSPS) is 9.00. The molecule has 0 aliphatic heterocycles. The van der Waals surface area contributed by atoms with E-state index in [0.717, 1.165) is 5.69 Å². The van der Waals surface area contributed by atoms with Gasteiger partial charge in [0.25, 0.3) is 0 Å². The van der Waals surface area contributed by atoms with Crippen molar-refractivity contribution in [3.63, 3.8) is 0 Å². The summed E-state index contributed by atoms with van der Waals surface area (Å²) in [4.78, 5) is 11.0. The van der Waals surface area contributed by atoms with Crippen LogP contribution in [-0.4, -0.2) is 11.3 Å². The highest BCUT2D eigenvalue weighted by molar-refractivity contribution is 7.79. The summed E-state index contributed by atoms with van der Waals surface area (Å²) in [7, 11) is 0. The van der Waals surface area contributed by atoms with Crippen molar-refractivity contribution < 1.29 is 4.79 Å². The van der Waals surface area contributed by atoms with Crippen LogP contribution in [0.3, 0.4) is 0 Å². The van der Waals surface area contributed by atoms with Crippen molar-refractivity contribution >= 4 is 29.2 Å². The van der Waals surface area contributed by atoms with Gasteiger partial charge in [0.05, 0.1) is 6.42 Å². The summed E-state index contributed by atoms with van der Waals surface area (Å²) >= 11 is 4.56. The molecule has 12 heavy (non-hydrogen) atoms. The second-order valence-electron chi connectivity index (χ2n) is 2.28. The first-order valence-electron chi connectivity index (χ1n) is 3.61. The molecule has 0 unspecified atom stereocenters. The van der Waals surface area contributed by atoms with Crippen LogP contribution >= 0.6 is 12.2 Å². The zero-order valence-electron chi connectivity index (χ0n) is 6.49. The lowest BCUT2D eigenvalue weighted by Gasteiger charge is -2.00. The molecule has 0 saturated heterocycles. The first-order chi connectivity index (χ1) is 5.83. The van der Waals surface area contributed by atoms with Crippen molar-refractivity contribution in [1.29, 1.82) is 0 Å². The fourth-order valence-corrected chi connectivity index (χ4v) is 0.961. The van der Waals surface area contributed by atoms with Crippen LogP contribution in [0.2, 0.25) is 0 Å². The molecule has 2 nitrogen and oxygen atoms in total. The highest BCUT2D eigenvalue weighted by Crippen LogP contribution is 2.04. The van der Waals surface area contributed by atoms with E-state index in [1.54, 1.807) is 0 Å². The number of nitrogens with one attached hydrogen (secondary N) is 1. The minimum absolute atomic E-state index is 0.0730. The average Bonchev–Trinajstić information content (AvgIpc) is 2.06. The Labute approximate surface area is 76.6 Å². The fourth-order valence-electron chi connectivity index (χ4n) is 0.809. The number of benzene rings is 1. The predicted octanol–water partition coefficient (Wildman–Crippen LogP) is 2.01. The summed E-state index contributed by atoms with van der Waals surface area (Å²) in [5, 5.41) is 4.12. The van der Waals surface area contributed by atoms with E-state index in [9.17, 15) is 4.79 Å². The van der Waals surface area contributed by atoms with Gasteiger partial charge in [-0.2, -0.15) is 0 Å². The van der Waals surface area contributed by atoms with Crippen LogP contribution < -0.4 is 5.32 Å². The number of carbonyl (C=O) groups is 1. The molecule has 0 bridgehead atoms. The summed E-state index contributed by atoms with van der Waals surface area (Å²) in [6.07, 6.45) is 0.282. The number of carbonyl (C=O) groups excluding carboxylic acids is 1. The van der Waals surface area contributed by atoms with Gasteiger partial charge in [0.15, 0.2) is 0 Å². The first-order valence-corrected chi connectivity index (χ1v) is 4.08. The van der Waals surface area contributed by atoms with E-state index in [0.29, 0.717) is 0 Å². The maximum atomic E-state index is 11.0. The van der Waals surface area contributed by atoms with Crippen LogP contribution in [0.25, 0.3) is 0 Å². The Hall–Kier alpha value is -1.22. The van der Waals surface area contributed by atoms with Gasteiger partial charge in [-0.3, -0.25) is 4.79 Å². The largest absolute Gasteiger partial charge is 0.326 e. The van der Waals surface area contributed by atoms with Crippen LogP contribution in [0.1, 0.15) is 6.42 Å². The molecule has 1 aromatic rings. The molecule has 0 aliphatic rings. The minimum Gasteiger partial charge on any atom is -0.326 e. The van der Waals surface area contributed by atoms with Crippen LogP contribution in [-0.2, 0) is 4.79 Å². The molecule has 0 fully saturated rings. The molecule has 1 rings (SSSR count). The fraction of sp³-hybridized carbons (Fsp3) is 0.111. The SMILES string of the molecule is O=C(CC=S)Nc1ccccc1. The summed E-state index contributed by atoms with van der Waals surface area (Å²) in [6, 6.07) is 9.30. The van der Waals surface area contributed by atoms with Crippen LogP contribution in [0.4, 0.5) is 5.69 Å². The summed E-state index contributed by atoms with van der Waals surface area (Å²) < 4.78 is 0. The minimum atomic E-state index is -0.0730. The van der Waals surface area contributed by atoms with Gasteiger partial charge in [-0.1, -0.05) is 30.4 Å². The topological polar surface area (TPSA) is 29.1 Å². The zero-order valence-corrected chi connectivity index (χ0v) is 7.30. The van der Waals surface area contributed by atoms with Crippen molar-refractivity contribution in [3.05, 3.63) is 30.3 Å². The Kier molecular flexibility index (Phi) is 3.41. The number of hydrogen-bond acceptors (Lipinski definition) is 2. The van der Waals surface area contributed by atoms with Crippen molar-refractivity contribution in [2.75, 3.05) is 5.32 Å². The smallest absolute Gasteiger partial charge is 0.229 e. The van der Waals surface area contributed by atoms with Crippen molar-refractivity contribution in [2.45, 2.75) is 6.42 Å². The van der Waals surface area contributed by atoms with Crippen molar-refractivity contribution in [2.24, 2.45) is 0 Å². The first kappa shape index (κ1) is 8.87. The molecule has 1 N–H and O–H groups in total. The summed E-state index contributed by atoms with van der Waals surface area (Å²) in [6.45, 7) is 0. The molecular formula is C9H9NOS. The predicted molar refractivity (Wildman–Crippen MR) is 53.3 cm³/mol. The maximum Gasteiger partial charge on any atom is 0.229 e. The van der Waals surface area contributed by atoms with E-state index in [4.69, 9.17) is 0 Å². The standard InChI is InChI=1S/C9H9NOS/c11-9(6-7-12)10-8-4-2-1-3-5-8/h1-5,7H,6H2,(H,10,11). The van der Waals surface area contributed by atoms with Gasteiger partial charge in [0.1, 0.15) is 0 Å². The van der Waals surface area contributed by atoms with Crippen molar-refractivity contribution in [1.82, 2.24) is 0 Å². The molecule has 62 valence electrons. The molecule has 1 amide bonds. The Morgan fingerprint density at radius 3 is 2.67 bits per heavy atom. The maximum absolute atomic E-state index is 11.0. The van der Waals surface area contributed by atoms with E-state index < -0.39 is 0 Å². The molecule has 0 aromatic heterocycles. The Morgan fingerprint density at radius 1 is 1.42 bits per heavy atom. The van der Waals surface area contributed by atoms with Gasteiger partial charge in [-0.25, -0.2) is 0 Å². The molecule has 1 aromatic carbocycles. The highest BCUT2D eigenvalue weighted by atomic mass is 32.1. The second kappa shape index (κ2) is 4.62. The van der Waals surface area contributed by atoms with E-state index >= 15 is 0 Å². The highest BCUT2D eigenvalue weighted by Gasteiger charge is 1.97. The lowest BCUT2D eigenvalue weighted by atomic mass is 10.3. The molecule has 0 heterocycles. The number of thiocarbonyl (C=S) groups is 1. The van der Waals surface area contributed by atoms with E-state index in [1.165, 1.54) is 5.37 Å². The number of rotatable bonds is 3. The van der Waals surface area contributed by atoms with Gasteiger partial charge in [-0.15, -0.1) is 0 Å². The van der Waals surface area contributed by atoms with Gasteiger partial charge in [0.2, 0.25) is 5.91 Å². The van der Waals surface area contributed by atoms with E-state index in [1.807, 2.05) is 30.3 Å². The molecule has 0 spiro atoms. The molecule has 0 radical (unpaired) electrons. The molecular weight excluding hydrogens is 170 g/mol. The Balaban J connectivity index is 2.52. The quantitative estimate of drug-likeness (QED) is 0.719. The lowest BCUT2D eigenvalue weighted by Crippen LogP contribution is -2.10. The second-order valence-corrected chi connectivity index (χ2v) is 2.62. The van der Waals surface area contributed by atoms with Gasteiger partial charge >= 0.3 is 0 Å². The van der Waals surface area contributed by atoms with Crippen LogP contribution in [0.5, 0.6) is 0 Å². The van der Waals surface area contributed by atoms with Gasteiger partial charge in [-0.05, 0) is 17.5 Å². The third kappa shape index (κ3) is 2.80. The van der Waals surface area contributed by atoms with Gasteiger partial charge in [0, 0.05) is 5.69 Å². The molecule has 0 saturated carbocycles. The monoisotopic (exact) mass is 179 g/mol. The lowest BCUT2D eigenvalue weighted by molar-refractivity contribution is -0.115.